The van der Waals surface area contributed by atoms with Crippen molar-refractivity contribution < 1.29 is 14.3 Å². The number of nitrogens with one attached hydrogen (secondary N) is 2. The Kier molecular flexibility index (Phi) is 6.56. The molecule has 2 N–H and O–H groups in total. The Morgan fingerprint density at radius 3 is 2.80 bits per heavy atom. The number of hydrogen-bond donors (Lipinski definition) is 2. The Morgan fingerprint density at radius 1 is 1.13 bits per heavy atom. The summed E-state index contributed by atoms with van der Waals surface area (Å²) < 4.78 is 11.5. The van der Waals surface area contributed by atoms with E-state index < -0.39 is 0 Å². The fraction of sp³-hybridized carbons (Fsp3) is 0.318. The van der Waals surface area contributed by atoms with Gasteiger partial charge in [-0.2, -0.15) is 5.10 Å². The summed E-state index contributed by atoms with van der Waals surface area (Å²) >= 11 is 0. The number of carbonyl (C=O) groups excluding carboxylic acids is 1. The molecule has 1 aliphatic rings. The van der Waals surface area contributed by atoms with E-state index in [4.69, 9.17) is 9.47 Å². The summed E-state index contributed by atoms with van der Waals surface area (Å²) in [6, 6.07) is 9.21. The Bertz CT molecular complexity index is 941. The van der Waals surface area contributed by atoms with Gasteiger partial charge in [0.25, 0.3) is 5.91 Å². The molecule has 1 aliphatic heterocycles. The first-order chi connectivity index (χ1) is 14.8. The number of anilines is 1. The maximum absolute atomic E-state index is 12.4. The molecule has 8 heteroatoms. The van der Waals surface area contributed by atoms with Gasteiger partial charge in [0.2, 0.25) is 0 Å². The molecule has 156 valence electrons. The van der Waals surface area contributed by atoms with E-state index in [-0.39, 0.29) is 12.5 Å². The predicted molar refractivity (Wildman–Crippen MR) is 114 cm³/mol. The molecular weight excluding hydrogens is 382 g/mol. The van der Waals surface area contributed by atoms with E-state index >= 15 is 0 Å². The maximum Gasteiger partial charge on any atom is 0.262 e. The van der Waals surface area contributed by atoms with Gasteiger partial charge in [0, 0.05) is 24.5 Å². The predicted octanol–water partition coefficient (Wildman–Crippen LogP) is 2.96. The van der Waals surface area contributed by atoms with Crippen molar-refractivity contribution in [3.63, 3.8) is 0 Å². The van der Waals surface area contributed by atoms with Gasteiger partial charge in [-0.1, -0.05) is 6.07 Å². The lowest BCUT2D eigenvalue weighted by molar-refractivity contribution is -0.118. The van der Waals surface area contributed by atoms with E-state index in [1.165, 1.54) is 12.8 Å². The number of aromatic nitrogens is 3. The van der Waals surface area contributed by atoms with Crippen LogP contribution >= 0.6 is 0 Å². The number of aromatic amines is 1. The van der Waals surface area contributed by atoms with Crippen LogP contribution in [0.1, 0.15) is 12.8 Å². The van der Waals surface area contributed by atoms with Crippen LogP contribution in [0.25, 0.3) is 11.1 Å². The molecule has 0 atom stereocenters. The molecule has 0 unspecified atom stereocenters. The van der Waals surface area contributed by atoms with Gasteiger partial charge in [0.15, 0.2) is 6.61 Å². The number of amides is 1. The topological polar surface area (TPSA) is 92.4 Å². The van der Waals surface area contributed by atoms with E-state index in [9.17, 15) is 4.79 Å². The molecule has 3 aromatic rings. The SMILES string of the molecule is O=C(COc1cccnc1)Nc1ccc(-c2cn[nH]c2)cc1OCCN1CCCC1. The summed E-state index contributed by atoms with van der Waals surface area (Å²) in [5, 5.41) is 9.71. The third kappa shape index (κ3) is 5.36. The van der Waals surface area contributed by atoms with Crippen LogP contribution in [-0.4, -0.2) is 58.8 Å². The summed E-state index contributed by atoms with van der Waals surface area (Å²) in [6.45, 7) is 3.56. The highest BCUT2D eigenvalue weighted by Crippen LogP contribution is 2.31. The highest BCUT2D eigenvalue weighted by molar-refractivity contribution is 5.93. The van der Waals surface area contributed by atoms with Crippen molar-refractivity contribution in [1.29, 1.82) is 0 Å². The fourth-order valence-electron chi connectivity index (χ4n) is 3.39. The number of hydrogen-bond acceptors (Lipinski definition) is 6. The normalized spacial score (nSPS) is 13.9. The van der Waals surface area contributed by atoms with Gasteiger partial charge in [-0.05, 0) is 55.8 Å². The molecule has 0 spiro atoms. The fourth-order valence-corrected chi connectivity index (χ4v) is 3.39. The van der Waals surface area contributed by atoms with Crippen molar-refractivity contribution in [3.05, 3.63) is 55.1 Å². The molecule has 0 radical (unpaired) electrons. The number of carbonyl (C=O) groups is 1. The molecule has 8 nitrogen and oxygen atoms in total. The van der Waals surface area contributed by atoms with Crippen LogP contribution in [0.4, 0.5) is 5.69 Å². The van der Waals surface area contributed by atoms with Crippen LogP contribution in [0.2, 0.25) is 0 Å². The summed E-state index contributed by atoms with van der Waals surface area (Å²) in [5.74, 6) is 0.909. The smallest absolute Gasteiger partial charge is 0.262 e. The summed E-state index contributed by atoms with van der Waals surface area (Å²) in [6.07, 6.45) is 9.29. The van der Waals surface area contributed by atoms with Crippen LogP contribution in [0, 0.1) is 0 Å². The van der Waals surface area contributed by atoms with E-state index in [1.807, 2.05) is 24.4 Å². The lowest BCUT2D eigenvalue weighted by Gasteiger charge is -2.17. The zero-order valence-electron chi connectivity index (χ0n) is 16.7. The first kappa shape index (κ1) is 19.9. The number of pyridine rings is 1. The van der Waals surface area contributed by atoms with Gasteiger partial charge in [-0.25, -0.2) is 0 Å². The second kappa shape index (κ2) is 9.89. The van der Waals surface area contributed by atoms with Crippen molar-refractivity contribution in [2.75, 3.05) is 38.2 Å². The lowest BCUT2D eigenvalue weighted by atomic mass is 10.1. The number of ether oxygens (including phenoxy) is 2. The van der Waals surface area contributed by atoms with Crippen LogP contribution in [-0.2, 0) is 4.79 Å². The first-order valence-electron chi connectivity index (χ1n) is 10.1. The minimum Gasteiger partial charge on any atom is -0.490 e. The van der Waals surface area contributed by atoms with E-state index in [0.717, 1.165) is 30.8 Å². The second-order valence-corrected chi connectivity index (χ2v) is 7.12. The van der Waals surface area contributed by atoms with Gasteiger partial charge in [0.1, 0.15) is 18.1 Å². The molecular formula is C22H25N5O3. The number of nitrogens with zero attached hydrogens (tertiary/aromatic N) is 3. The van der Waals surface area contributed by atoms with Crippen molar-refractivity contribution in [3.8, 4) is 22.6 Å². The Morgan fingerprint density at radius 2 is 2.03 bits per heavy atom. The van der Waals surface area contributed by atoms with E-state index in [2.05, 4.69) is 25.4 Å². The monoisotopic (exact) mass is 407 g/mol. The van der Waals surface area contributed by atoms with Gasteiger partial charge in [0.05, 0.1) is 18.1 Å². The van der Waals surface area contributed by atoms with Gasteiger partial charge < -0.3 is 14.8 Å². The molecule has 1 fully saturated rings. The highest BCUT2D eigenvalue weighted by atomic mass is 16.5. The number of likely N-dealkylation sites (tertiary alicyclic amines) is 1. The number of benzene rings is 1. The molecule has 0 aliphatic carbocycles. The van der Waals surface area contributed by atoms with Crippen molar-refractivity contribution in [2.45, 2.75) is 12.8 Å². The molecule has 1 saturated heterocycles. The Hall–Kier alpha value is -3.39. The zero-order valence-corrected chi connectivity index (χ0v) is 16.7. The molecule has 2 aromatic heterocycles. The Labute approximate surface area is 175 Å². The minimum absolute atomic E-state index is 0.109. The zero-order chi connectivity index (χ0) is 20.6. The van der Waals surface area contributed by atoms with Gasteiger partial charge >= 0.3 is 0 Å². The average molecular weight is 407 g/mol. The molecule has 1 aromatic carbocycles. The third-order valence-corrected chi connectivity index (χ3v) is 4.96. The molecule has 0 bridgehead atoms. The van der Waals surface area contributed by atoms with Crippen LogP contribution in [0.5, 0.6) is 11.5 Å². The summed E-state index contributed by atoms with van der Waals surface area (Å²) in [4.78, 5) is 18.8. The highest BCUT2D eigenvalue weighted by Gasteiger charge is 2.14. The van der Waals surface area contributed by atoms with E-state index in [1.54, 1.807) is 30.7 Å². The molecule has 3 heterocycles. The largest absolute Gasteiger partial charge is 0.490 e. The molecule has 0 saturated carbocycles. The minimum atomic E-state index is -0.265. The molecule has 1 amide bonds. The average Bonchev–Trinajstić information content (AvgIpc) is 3.49. The van der Waals surface area contributed by atoms with Crippen molar-refractivity contribution in [2.24, 2.45) is 0 Å². The van der Waals surface area contributed by atoms with Crippen molar-refractivity contribution >= 4 is 11.6 Å². The van der Waals surface area contributed by atoms with Gasteiger partial charge in [-0.15, -0.1) is 0 Å². The third-order valence-electron chi connectivity index (χ3n) is 4.96. The number of rotatable bonds is 9. The Balaban J connectivity index is 1.42. The maximum atomic E-state index is 12.4. The first-order valence-corrected chi connectivity index (χ1v) is 10.1. The standard InChI is InChI=1S/C22H25N5O3/c28-22(16-30-19-4-3-7-23-15-19)26-20-6-5-17(18-13-24-25-14-18)12-21(20)29-11-10-27-8-1-2-9-27/h3-7,12-15H,1-2,8-11,16H2,(H,24,25)(H,26,28). The second-order valence-electron chi connectivity index (χ2n) is 7.12. The molecule has 30 heavy (non-hydrogen) atoms. The van der Waals surface area contributed by atoms with Crippen LogP contribution < -0.4 is 14.8 Å². The summed E-state index contributed by atoms with van der Waals surface area (Å²) in [7, 11) is 0. The number of H-pyrrole nitrogens is 1. The van der Waals surface area contributed by atoms with Crippen LogP contribution in [0.3, 0.4) is 0 Å². The van der Waals surface area contributed by atoms with Crippen LogP contribution in [0.15, 0.2) is 55.1 Å². The lowest BCUT2D eigenvalue weighted by Crippen LogP contribution is -2.25. The van der Waals surface area contributed by atoms with Crippen molar-refractivity contribution in [1.82, 2.24) is 20.1 Å². The quantitative estimate of drug-likeness (QED) is 0.567. The summed E-state index contributed by atoms with van der Waals surface area (Å²) in [5.41, 5.74) is 2.53. The van der Waals surface area contributed by atoms with E-state index in [0.29, 0.717) is 23.8 Å². The molecule has 4 rings (SSSR count). The van der Waals surface area contributed by atoms with Gasteiger partial charge in [-0.3, -0.25) is 19.8 Å².